The van der Waals surface area contributed by atoms with Crippen LogP contribution in [0.5, 0.6) is 0 Å². The second kappa shape index (κ2) is 7.76. The first kappa shape index (κ1) is 21.6. The van der Waals surface area contributed by atoms with Gasteiger partial charge in [0.15, 0.2) is 0 Å². The summed E-state index contributed by atoms with van der Waals surface area (Å²) in [5, 5.41) is 13.8. The summed E-state index contributed by atoms with van der Waals surface area (Å²) < 4.78 is 27.6. The van der Waals surface area contributed by atoms with Crippen molar-refractivity contribution >= 4 is 44.6 Å². The van der Waals surface area contributed by atoms with Crippen molar-refractivity contribution in [1.29, 1.82) is 0 Å². The number of anilines is 2. The highest BCUT2D eigenvalue weighted by atomic mass is 35.5. The van der Waals surface area contributed by atoms with Crippen LogP contribution in [0.4, 0.5) is 17.1 Å². The summed E-state index contributed by atoms with van der Waals surface area (Å²) in [6, 6.07) is 8.24. The van der Waals surface area contributed by atoms with E-state index in [-0.39, 0.29) is 32.8 Å². The monoisotopic (exact) mass is 425 g/mol. The van der Waals surface area contributed by atoms with Gasteiger partial charge in [0.05, 0.1) is 20.5 Å². The summed E-state index contributed by atoms with van der Waals surface area (Å²) in [5.74, 6) is -0.228. The smallest absolute Gasteiger partial charge is 0.275 e. The van der Waals surface area contributed by atoms with E-state index in [2.05, 4.69) is 10.0 Å². The summed E-state index contributed by atoms with van der Waals surface area (Å²) >= 11 is 5.95. The van der Waals surface area contributed by atoms with Crippen LogP contribution in [0.15, 0.2) is 41.3 Å². The molecule has 0 saturated heterocycles. The van der Waals surface area contributed by atoms with Gasteiger partial charge in [-0.2, -0.15) is 0 Å². The van der Waals surface area contributed by atoms with Gasteiger partial charge in [0, 0.05) is 22.7 Å². The van der Waals surface area contributed by atoms with E-state index < -0.39 is 20.4 Å². The summed E-state index contributed by atoms with van der Waals surface area (Å²) in [6.07, 6.45) is 0. The third-order valence-electron chi connectivity index (χ3n) is 3.85. The van der Waals surface area contributed by atoms with E-state index >= 15 is 0 Å². The molecule has 0 radical (unpaired) electrons. The van der Waals surface area contributed by atoms with Crippen LogP contribution in [0.3, 0.4) is 0 Å². The number of hydrogen-bond donors (Lipinski definition) is 2. The Labute approximate surface area is 168 Å². The average Bonchev–Trinajstić information content (AvgIpc) is 2.55. The van der Waals surface area contributed by atoms with Crippen LogP contribution in [0.1, 0.15) is 26.3 Å². The minimum absolute atomic E-state index is 0.0271. The number of benzene rings is 2. The average molecular weight is 426 g/mol. The number of sulfonamides is 1. The Morgan fingerprint density at radius 3 is 2.32 bits per heavy atom. The van der Waals surface area contributed by atoms with Crippen LogP contribution in [0.2, 0.25) is 5.02 Å². The fraction of sp³-hybridized carbons (Fsp3) is 0.278. The summed E-state index contributed by atoms with van der Waals surface area (Å²) in [7, 11) is -4.13. The van der Waals surface area contributed by atoms with Crippen molar-refractivity contribution in [2.24, 2.45) is 5.41 Å². The molecular weight excluding hydrogens is 406 g/mol. The molecule has 0 fully saturated rings. The van der Waals surface area contributed by atoms with E-state index in [4.69, 9.17) is 11.6 Å². The number of nitrogens with one attached hydrogen (secondary N) is 2. The van der Waals surface area contributed by atoms with E-state index in [1.54, 1.807) is 32.9 Å². The van der Waals surface area contributed by atoms with Gasteiger partial charge in [-0.15, -0.1) is 0 Å². The van der Waals surface area contributed by atoms with Crippen LogP contribution in [-0.2, 0) is 14.8 Å². The molecule has 2 N–H and O–H groups in total. The van der Waals surface area contributed by atoms with Crippen molar-refractivity contribution in [1.82, 2.24) is 0 Å². The Balaban J connectivity index is 2.34. The number of nitrogens with zero attached hydrogens (tertiary/aromatic N) is 1. The zero-order chi connectivity index (χ0) is 21.3. The highest BCUT2D eigenvalue weighted by Crippen LogP contribution is 2.30. The predicted octanol–water partition coefficient (Wildman–Crippen LogP) is 4.34. The van der Waals surface area contributed by atoms with Crippen LogP contribution >= 0.6 is 11.6 Å². The maximum absolute atomic E-state index is 12.7. The molecule has 0 aliphatic rings. The summed E-state index contributed by atoms with van der Waals surface area (Å²) in [6.45, 7) is 6.69. The number of hydrogen-bond acceptors (Lipinski definition) is 5. The van der Waals surface area contributed by atoms with E-state index in [0.29, 0.717) is 5.69 Å². The van der Waals surface area contributed by atoms with Gasteiger partial charge < -0.3 is 5.32 Å². The molecule has 2 aromatic rings. The number of halogens is 1. The highest BCUT2D eigenvalue weighted by Gasteiger charge is 2.24. The number of amides is 1. The summed E-state index contributed by atoms with van der Waals surface area (Å²) in [4.78, 5) is 22.2. The van der Waals surface area contributed by atoms with E-state index in [1.807, 2.05) is 0 Å². The molecule has 150 valence electrons. The van der Waals surface area contributed by atoms with E-state index in [0.717, 1.165) is 12.1 Å². The lowest BCUT2D eigenvalue weighted by atomic mass is 9.95. The number of carbonyl (C=O) groups excluding carboxylic acids is 1. The van der Waals surface area contributed by atoms with Crippen LogP contribution in [0.25, 0.3) is 0 Å². The lowest BCUT2D eigenvalue weighted by Crippen LogP contribution is -2.27. The van der Waals surface area contributed by atoms with Gasteiger partial charge in [-0.05, 0) is 31.2 Å². The molecule has 0 atom stereocenters. The van der Waals surface area contributed by atoms with Crippen molar-refractivity contribution in [3.8, 4) is 0 Å². The number of carbonyl (C=O) groups is 1. The zero-order valence-corrected chi connectivity index (χ0v) is 17.3. The van der Waals surface area contributed by atoms with Crippen molar-refractivity contribution < 1.29 is 18.1 Å². The highest BCUT2D eigenvalue weighted by molar-refractivity contribution is 7.92. The molecule has 0 spiro atoms. The number of rotatable bonds is 5. The minimum Gasteiger partial charge on any atom is -0.326 e. The molecule has 0 heterocycles. The molecule has 0 bridgehead atoms. The van der Waals surface area contributed by atoms with Gasteiger partial charge in [-0.25, -0.2) is 8.42 Å². The molecule has 2 rings (SSSR count). The second-order valence-corrected chi connectivity index (χ2v) is 9.29. The van der Waals surface area contributed by atoms with Crippen molar-refractivity contribution in [2.45, 2.75) is 32.6 Å². The Bertz CT molecular complexity index is 1050. The lowest BCUT2D eigenvalue weighted by molar-refractivity contribution is -0.385. The van der Waals surface area contributed by atoms with Gasteiger partial charge in [-0.3, -0.25) is 19.6 Å². The van der Waals surface area contributed by atoms with Crippen molar-refractivity contribution in [2.75, 3.05) is 10.0 Å². The summed E-state index contributed by atoms with van der Waals surface area (Å²) in [5.41, 5.74) is -0.233. The van der Waals surface area contributed by atoms with Crippen molar-refractivity contribution in [3.05, 3.63) is 57.1 Å². The fourth-order valence-electron chi connectivity index (χ4n) is 2.18. The Hall–Kier alpha value is -2.65. The SMILES string of the molecule is Cc1c(Cl)cc(S(=O)(=O)Nc2cccc(NC(=O)C(C)(C)C)c2)cc1[N+](=O)[O-]. The first-order valence-electron chi connectivity index (χ1n) is 8.20. The number of nitro groups is 1. The van der Waals surface area contributed by atoms with Gasteiger partial charge in [-0.1, -0.05) is 38.4 Å². The quantitative estimate of drug-likeness (QED) is 0.545. The molecule has 0 aromatic heterocycles. The lowest BCUT2D eigenvalue weighted by Gasteiger charge is -2.18. The third-order valence-corrected chi connectivity index (χ3v) is 5.60. The normalized spacial score (nSPS) is 11.8. The zero-order valence-electron chi connectivity index (χ0n) is 15.7. The second-order valence-electron chi connectivity index (χ2n) is 7.20. The first-order valence-corrected chi connectivity index (χ1v) is 10.1. The van der Waals surface area contributed by atoms with Crippen LogP contribution in [0, 0.1) is 22.5 Å². The fourth-order valence-corrected chi connectivity index (χ4v) is 3.55. The largest absolute Gasteiger partial charge is 0.326 e. The molecule has 0 aliphatic heterocycles. The third kappa shape index (κ3) is 4.99. The Morgan fingerprint density at radius 1 is 1.14 bits per heavy atom. The van der Waals surface area contributed by atoms with Gasteiger partial charge >= 0.3 is 0 Å². The maximum atomic E-state index is 12.7. The van der Waals surface area contributed by atoms with Crippen LogP contribution in [-0.4, -0.2) is 19.2 Å². The Morgan fingerprint density at radius 2 is 1.75 bits per heavy atom. The van der Waals surface area contributed by atoms with Gasteiger partial charge in [0.25, 0.3) is 15.7 Å². The number of nitro benzene ring substituents is 1. The molecule has 0 unspecified atom stereocenters. The molecule has 0 aliphatic carbocycles. The van der Waals surface area contributed by atoms with Crippen molar-refractivity contribution in [3.63, 3.8) is 0 Å². The topological polar surface area (TPSA) is 118 Å². The van der Waals surface area contributed by atoms with E-state index in [9.17, 15) is 23.3 Å². The molecular formula is C18H20ClN3O5S. The van der Waals surface area contributed by atoms with Gasteiger partial charge in [0.1, 0.15) is 0 Å². The molecule has 2 aromatic carbocycles. The molecule has 10 heteroatoms. The van der Waals surface area contributed by atoms with E-state index in [1.165, 1.54) is 19.1 Å². The minimum atomic E-state index is -4.13. The maximum Gasteiger partial charge on any atom is 0.275 e. The van der Waals surface area contributed by atoms with Crippen LogP contribution < -0.4 is 10.0 Å². The predicted molar refractivity (Wildman–Crippen MR) is 108 cm³/mol. The Kier molecular flexibility index (Phi) is 6.00. The molecule has 28 heavy (non-hydrogen) atoms. The molecule has 8 nitrogen and oxygen atoms in total. The molecule has 0 saturated carbocycles. The van der Waals surface area contributed by atoms with Gasteiger partial charge in [0.2, 0.25) is 5.91 Å². The molecule has 1 amide bonds. The first-order chi connectivity index (χ1) is 12.8. The standard InChI is InChI=1S/C18H20ClN3O5S/c1-11-15(19)9-14(10-16(11)22(24)25)28(26,27)21-13-7-5-6-12(8-13)20-17(23)18(2,3)4/h5-10,21H,1-4H3,(H,20,23).